The second kappa shape index (κ2) is 5.19. The molecule has 1 N–H and O–H groups in total. The Morgan fingerprint density at radius 2 is 1.88 bits per heavy atom. The van der Waals surface area contributed by atoms with Gasteiger partial charge < -0.3 is 5.32 Å². The zero-order valence-electron chi connectivity index (χ0n) is 9.94. The average molecular weight is 247 g/mol. The monoisotopic (exact) mass is 246 g/mol. The molecule has 1 aromatic heterocycles. The first-order valence-corrected chi connectivity index (χ1v) is 5.97. The maximum Gasteiger partial charge on any atom is 0.0486 e. The zero-order valence-corrected chi connectivity index (χ0v) is 10.7. The van der Waals surface area contributed by atoms with Crippen LogP contribution < -0.4 is 5.32 Å². The highest BCUT2D eigenvalue weighted by Crippen LogP contribution is 2.24. The molecule has 0 saturated carbocycles. The van der Waals surface area contributed by atoms with Crippen LogP contribution in [0.2, 0.25) is 5.02 Å². The molecule has 17 heavy (non-hydrogen) atoms. The Morgan fingerprint density at radius 1 is 1.18 bits per heavy atom. The van der Waals surface area contributed by atoms with Gasteiger partial charge in [0.05, 0.1) is 0 Å². The van der Waals surface area contributed by atoms with E-state index in [0.717, 1.165) is 16.3 Å². The van der Waals surface area contributed by atoms with Crippen molar-refractivity contribution in [2.24, 2.45) is 0 Å². The van der Waals surface area contributed by atoms with E-state index in [-0.39, 0.29) is 6.04 Å². The minimum Gasteiger partial charge on any atom is -0.378 e. The van der Waals surface area contributed by atoms with Crippen LogP contribution in [0.4, 0.5) is 5.69 Å². The van der Waals surface area contributed by atoms with Gasteiger partial charge >= 0.3 is 0 Å². The lowest BCUT2D eigenvalue weighted by atomic mass is 10.1. The number of hydrogen-bond donors (Lipinski definition) is 1. The van der Waals surface area contributed by atoms with Crippen LogP contribution in [0.3, 0.4) is 0 Å². The molecule has 2 nitrogen and oxygen atoms in total. The average Bonchev–Trinajstić information content (AvgIpc) is 2.34. The normalized spacial score (nSPS) is 12.2. The third kappa shape index (κ3) is 2.98. The summed E-state index contributed by atoms with van der Waals surface area (Å²) < 4.78 is 0. The zero-order chi connectivity index (χ0) is 12.3. The summed E-state index contributed by atoms with van der Waals surface area (Å²) in [4.78, 5) is 4.02. The predicted octanol–water partition coefficient (Wildman–Crippen LogP) is 4.22. The molecular weight excluding hydrogens is 232 g/mol. The SMILES string of the molecule is Cc1cc(Cl)ccc1NC(C)c1ccncc1. The molecule has 2 aromatic rings. The first-order chi connectivity index (χ1) is 8.16. The molecule has 2 rings (SSSR count). The molecule has 0 spiro atoms. The van der Waals surface area contributed by atoms with Gasteiger partial charge in [-0.05, 0) is 55.3 Å². The van der Waals surface area contributed by atoms with Gasteiger partial charge in [-0.15, -0.1) is 0 Å². The fourth-order valence-electron chi connectivity index (χ4n) is 1.76. The van der Waals surface area contributed by atoms with Crippen molar-refractivity contribution >= 4 is 17.3 Å². The number of nitrogens with zero attached hydrogens (tertiary/aromatic N) is 1. The molecular formula is C14H15ClN2. The van der Waals surface area contributed by atoms with Crippen molar-refractivity contribution in [2.75, 3.05) is 5.32 Å². The van der Waals surface area contributed by atoms with Crippen molar-refractivity contribution in [3.8, 4) is 0 Å². The van der Waals surface area contributed by atoms with E-state index in [1.54, 1.807) is 0 Å². The van der Waals surface area contributed by atoms with Gasteiger partial charge in [0.25, 0.3) is 0 Å². The van der Waals surface area contributed by atoms with E-state index < -0.39 is 0 Å². The summed E-state index contributed by atoms with van der Waals surface area (Å²) in [5.74, 6) is 0. The van der Waals surface area contributed by atoms with Crippen LogP contribution in [0.25, 0.3) is 0 Å². The summed E-state index contributed by atoms with van der Waals surface area (Å²) in [5.41, 5.74) is 3.48. The topological polar surface area (TPSA) is 24.9 Å². The first kappa shape index (κ1) is 11.9. The molecule has 0 fully saturated rings. The fourth-order valence-corrected chi connectivity index (χ4v) is 1.98. The maximum atomic E-state index is 5.93. The molecule has 0 aliphatic heterocycles. The molecule has 0 amide bonds. The van der Waals surface area contributed by atoms with Crippen molar-refractivity contribution in [3.05, 3.63) is 58.9 Å². The summed E-state index contributed by atoms with van der Waals surface area (Å²) >= 11 is 5.93. The lowest BCUT2D eigenvalue weighted by Crippen LogP contribution is -2.07. The van der Waals surface area contributed by atoms with E-state index in [9.17, 15) is 0 Å². The van der Waals surface area contributed by atoms with Crippen molar-refractivity contribution in [2.45, 2.75) is 19.9 Å². The summed E-state index contributed by atoms with van der Waals surface area (Å²) in [7, 11) is 0. The van der Waals surface area contributed by atoms with Crippen LogP contribution in [-0.4, -0.2) is 4.98 Å². The molecule has 0 bridgehead atoms. The number of nitrogens with one attached hydrogen (secondary N) is 1. The summed E-state index contributed by atoms with van der Waals surface area (Å²) in [6.45, 7) is 4.18. The number of benzene rings is 1. The lowest BCUT2D eigenvalue weighted by Gasteiger charge is -2.17. The van der Waals surface area contributed by atoms with Gasteiger partial charge in [-0.3, -0.25) is 4.98 Å². The highest BCUT2D eigenvalue weighted by atomic mass is 35.5. The summed E-state index contributed by atoms with van der Waals surface area (Å²) in [6, 6.07) is 10.2. The van der Waals surface area contributed by atoms with Gasteiger partial charge in [0.15, 0.2) is 0 Å². The van der Waals surface area contributed by atoms with Crippen LogP contribution in [-0.2, 0) is 0 Å². The third-order valence-electron chi connectivity index (χ3n) is 2.77. The number of halogens is 1. The molecule has 88 valence electrons. The largest absolute Gasteiger partial charge is 0.378 e. The maximum absolute atomic E-state index is 5.93. The first-order valence-electron chi connectivity index (χ1n) is 5.59. The predicted molar refractivity (Wildman–Crippen MR) is 72.5 cm³/mol. The van der Waals surface area contributed by atoms with Crippen molar-refractivity contribution in [1.82, 2.24) is 4.98 Å². The Kier molecular flexibility index (Phi) is 3.64. The second-order valence-corrected chi connectivity index (χ2v) is 4.54. The number of aromatic nitrogens is 1. The van der Waals surface area contributed by atoms with Crippen molar-refractivity contribution in [3.63, 3.8) is 0 Å². The highest BCUT2D eigenvalue weighted by Gasteiger charge is 2.06. The summed E-state index contributed by atoms with van der Waals surface area (Å²) in [6.07, 6.45) is 3.62. The number of aryl methyl sites for hydroxylation is 1. The van der Waals surface area contributed by atoms with Crippen molar-refractivity contribution in [1.29, 1.82) is 0 Å². The number of pyridine rings is 1. The Hall–Kier alpha value is -1.54. The molecule has 1 heterocycles. The van der Waals surface area contributed by atoms with Crippen LogP contribution in [0.1, 0.15) is 24.1 Å². The third-order valence-corrected chi connectivity index (χ3v) is 3.00. The van der Waals surface area contributed by atoms with Crippen molar-refractivity contribution < 1.29 is 0 Å². The van der Waals surface area contributed by atoms with E-state index >= 15 is 0 Å². The smallest absolute Gasteiger partial charge is 0.0486 e. The molecule has 0 radical (unpaired) electrons. The molecule has 1 aromatic carbocycles. The van der Waals surface area contributed by atoms with Gasteiger partial charge in [0.1, 0.15) is 0 Å². The highest BCUT2D eigenvalue weighted by molar-refractivity contribution is 6.30. The van der Waals surface area contributed by atoms with Crippen LogP contribution >= 0.6 is 11.6 Å². The Labute approximate surface area is 107 Å². The Morgan fingerprint density at radius 3 is 2.53 bits per heavy atom. The number of hydrogen-bond acceptors (Lipinski definition) is 2. The minimum absolute atomic E-state index is 0.248. The molecule has 1 unspecified atom stereocenters. The molecule has 3 heteroatoms. The van der Waals surface area contributed by atoms with Crippen LogP contribution in [0, 0.1) is 6.92 Å². The van der Waals surface area contributed by atoms with Gasteiger partial charge in [-0.2, -0.15) is 0 Å². The van der Waals surface area contributed by atoms with Gasteiger partial charge in [-0.25, -0.2) is 0 Å². The number of anilines is 1. The molecule has 0 aliphatic rings. The van der Waals surface area contributed by atoms with E-state index in [0.29, 0.717) is 0 Å². The number of rotatable bonds is 3. The van der Waals surface area contributed by atoms with Crippen LogP contribution in [0.15, 0.2) is 42.7 Å². The quantitative estimate of drug-likeness (QED) is 0.877. The van der Waals surface area contributed by atoms with Crippen LogP contribution in [0.5, 0.6) is 0 Å². The molecule has 1 atom stereocenters. The fraction of sp³-hybridized carbons (Fsp3) is 0.214. The summed E-state index contributed by atoms with van der Waals surface area (Å²) in [5, 5.41) is 4.24. The Bertz CT molecular complexity index is 497. The standard InChI is InChI=1S/C14H15ClN2/c1-10-9-13(15)3-4-14(10)17-11(2)12-5-7-16-8-6-12/h3-9,11,17H,1-2H3. The van der Waals surface area contributed by atoms with E-state index in [4.69, 9.17) is 11.6 Å². The Balaban J connectivity index is 2.16. The molecule has 0 saturated heterocycles. The van der Waals surface area contributed by atoms with E-state index in [2.05, 4.69) is 17.2 Å². The second-order valence-electron chi connectivity index (χ2n) is 4.11. The van der Waals surface area contributed by atoms with Gasteiger partial charge in [0.2, 0.25) is 0 Å². The minimum atomic E-state index is 0.248. The molecule has 0 aliphatic carbocycles. The van der Waals surface area contributed by atoms with Gasteiger partial charge in [0, 0.05) is 29.1 Å². The van der Waals surface area contributed by atoms with E-state index in [1.165, 1.54) is 5.56 Å². The lowest BCUT2D eigenvalue weighted by molar-refractivity contribution is 0.878. The van der Waals surface area contributed by atoms with E-state index in [1.807, 2.05) is 49.6 Å². The van der Waals surface area contributed by atoms with Gasteiger partial charge in [-0.1, -0.05) is 11.6 Å².